The third kappa shape index (κ3) is 11.2. The van der Waals surface area contributed by atoms with Crippen molar-refractivity contribution < 1.29 is 8.83 Å². The zero-order valence-electron chi connectivity index (χ0n) is 49.9. The van der Waals surface area contributed by atoms with E-state index in [2.05, 4.69) is 325 Å². The molecule has 0 spiro atoms. The van der Waals surface area contributed by atoms with Crippen molar-refractivity contribution in [3.63, 3.8) is 0 Å². The van der Waals surface area contributed by atoms with Gasteiger partial charge in [-0.3, -0.25) is 0 Å². The normalized spacial score (nSPS) is 11.4. The molecule has 0 saturated heterocycles. The molecule has 14 aromatic carbocycles. The Morgan fingerprint density at radius 2 is 0.560 bits per heavy atom. The molecule has 0 aliphatic rings. The maximum Gasteiger partial charge on any atom is 0.179 e. The zero-order chi connectivity index (χ0) is 61.4. The highest BCUT2D eigenvalue weighted by Gasteiger charge is 2.42. The first-order valence-electron chi connectivity index (χ1n) is 30.7. The van der Waals surface area contributed by atoms with Crippen LogP contribution in [0.5, 0.6) is 0 Å². The van der Waals surface area contributed by atoms with Gasteiger partial charge < -0.3 is 19.9 Å². The Hall–Kier alpha value is -10.8. The average Bonchev–Trinajstić information content (AvgIpc) is 1.03. The summed E-state index contributed by atoms with van der Waals surface area (Å²) in [5.74, 6) is 0. The number of benzene rings is 14. The van der Waals surface area contributed by atoms with Crippen LogP contribution in [0.1, 0.15) is 0 Å². The van der Waals surface area contributed by atoms with E-state index in [-0.39, 0.29) is 0 Å². The Bertz CT molecular complexity index is 4890. The van der Waals surface area contributed by atoms with Gasteiger partial charge in [0, 0.05) is 44.0 Å². The molecular formula is C84H63BrN2O2Si2. The second kappa shape index (κ2) is 26.1. The summed E-state index contributed by atoms with van der Waals surface area (Å²) in [4.78, 5) is 0. The lowest BCUT2D eigenvalue weighted by molar-refractivity contribution is 0.667. The summed E-state index contributed by atoms with van der Waals surface area (Å²) in [5.41, 5.74) is 17.2. The van der Waals surface area contributed by atoms with Gasteiger partial charge in [-0.25, -0.2) is 0 Å². The molecule has 0 fully saturated rings. The molecule has 0 atom stereocenters. The van der Waals surface area contributed by atoms with Crippen molar-refractivity contribution in [2.45, 2.75) is 0 Å². The number of hydrogen-bond acceptors (Lipinski definition) is 4. The maximum absolute atomic E-state index is 6.32. The third-order valence-corrected chi connectivity index (χ3v) is 27.6. The smallest absolute Gasteiger partial charge is 0.179 e. The van der Waals surface area contributed by atoms with Crippen LogP contribution in [0, 0.1) is 0 Å². The van der Waals surface area contributed by atoms with E-state index in [1.54, 1.807) is 0 Å². The summed E-state index contributed by atoms with van der Waals surface area (Å²) in [5, 5.41) is 19.3. The molecule has 0 bridgehead atoms. The number of nitrogens with two attached hydrogens (primary N) is 1. The second-order valence-corrected chi connectivity index (χ2v) is 31.1. The first kappa shape index (κ1) is 57.9. The Morgan fingerprint density at radius 1 is 0.253 bits per heavy atom. The van der Waals surface area contributed by atoms with Crippen LogP contribution in [-0.2, 0) is 0 Å². The molecule has 2 aromatic heterocycles. The number of hydrogen-bond donors (Lipinski definition) is 2. The first-order valence-corrected chi connectivity index (χ1v) is 35.5. The standard InChI is InChI=1S/C42H31NOSi.C30H25NSi.C12H7BrO/c1-4-15-32(16-5-1)45(33-17-6-2-7-18-33,34-19-8-3-9-20-34)35-29-27-31(28-30-35)36-21-10-12-24-39(36)43-40-25-14-23-38-37-22-11-13-26-41(37)44-42(38)40;31-30-19-11-10-18-29(30)24-20-22-28(23-21-24)32(25-12-4-1-5-13-25,26-14-6-2-7-15-26)27-16-8-3-9-17-27;13-10-6-3-5-9-8-4-1-2-7-11(8)14-12(9)10/h1-30,43H;1-23H,31H2;1-7H. The molecular weight excluding hydrogens is 1210 g/mol. The number of fused-ring (bicyclic) bond motifs is 6. The SMILES string of the molecule is Brc1cccc2c1oc1ccccc12.Nc1ccccc1-c1ccc([Si](c2ccccc2)(c2ccccc2)c2ccccc2)cc1.c1ccc([Si](c2ccccc2)(c2ccccc2)c2ccc(-c3ccccc3Nc3cccc4c3oc3ccccc34)cc2)cc1. The molecule has 91 heavy (non-hydrogen) atoms. The van der Waals surface area contributed by atoms with Crippen molar-refractivity contribution in [2.75, 3.05) is 11.1 Å². The van der Waals surface area contributed by atoms with Crippen LogP contribution in [0.25, 0.3) is 66.1 Å². The minimum Gasteiger partial charge on any atom is -0.455 e. The Morgan fingerprint density at radius 3 is 1.00 bits per heavy atom. The lowest BCUT2D eigenvalue weighted by Crippen LogP contribution is -2.74. The molecule has 436 valence electrons. The summed E-state index contributed by atoms with van der Waals surface area (Å²) in [6.07, 6.45) is 0. The largest absolute Gasteiger partial charge is 0.455 e. The highest BCUT2D eigenvalue weighted by molar-refractivity contribution is 9.10. The van der Waals surface area contributed by atoms with Gasteiger partial charge in [0.15, 0.2) is 21.7 Å². The molecule has 16 rings (SSSR count). The van der Waals surface area contributed by atoms with E-state index in [4.69, 9.17) is 14.6 Å². The van der Waals surface area contributed by atoms with E-state index < -0.39 is 16.1 Å². The van der Waals surface area contributed by atoms with Gasteiger partial charge in [-0.05, 0) is 105 Å². The van der Waals surface area contributed by atoms with Crippen molar-refractivity contribution in [2.24, 2.45) is 0 Å². The maximum atomic E-state index is 6.32. The number of anilines is 3. The molecule has 0 aliphatic heterocycles. The molecule has 2 heterocycles. The summed E-state index contributed by atoms with van der Waals surface area (Å²) >= 11 is 3.48. The van der Waals surface area contributed by atoms with Gasteiger partial charge in [0.05, 0.1) is 10.2 Å². The summed E-state index contributed by atoms with van der Waals surface area (Å²) < 4.78 is 13.1. The number of halogens is 1. The van der Waals surface area contributed by atoms with Crippen LogP contribution in [-0.4, -0.2) is 16.1 Å². The Balaban J connectivity index is 0.000000135. The Labute approximate surface area is 541 Å². The quantitative estimate of drug-likeness (QED) is 0.0727. The van der Waals surface area contributed by atoms with Crippen molar-refractivity contribution in [3.8, 4) is 22.3 Å². The summed E-state index contributed by atoms with van der Waals surface area (Å²) in [7, 11) is -5.04. The molecule has 0 saturated carbocycles. The lowest BCUT2D eigenvalue weighted by Gasteiger charge is -2.34. The highest BCUT2D eigenvalue weighted by Crippen LogP contribution is 2.38. The molecule has 3 N–H and O–H groups in total. The summed E-state index contributed by atoms with van der Waals surface area (Å²) in [6.45, 7) is 0. The van der Waals surface area contributed by atoms with Crippen molar-refractivity contribution >= 4 is 135 Å². The topological polar surface area (TPSA) is 64.3 Å². The fourth-order valence-corrected chi connectivity index (χ4v) is 23.2. The molecule has 0 amide bonds. The van der Waals surface area contributed by atoms with Crippen molar-refractivity contribution in [1.29, 1.82) is 0 Å². The zero-order valence-corrected chi connectivity index (χ0v) is 53.5. The van der Waals surface area contributed by atoms with Gasteiger partial charge in [0.25, 0.3) is 0 Å². The van der Waals surface area contributed by atoms with E-state index in [0.717, 1.165) is 82.3 Å². The molecule has 4 nitrogen and oxygen atoms in total. The predicted octanol–water partition coefficient (Wildman–Crippen LogP) is 17.0. The van der Waals surface area contributed by atoms with Crippen LogP contribution in [0.4, 0.5) is 17.1 Å². The number of para-hydroxylation sites is 6. The molecule has 0 unspecified atom stereocenters. The first-order chi connectivity index (χ1) is 45.0. The van der Waals surface area contributed by atoms with E-state index in [1.807, 2.05) is 60.7 Å². The molecule has 0 aliphatic carbocycles. The minimum atomic E-state index is -2.57. The van der Waals surface area contributed by atoms with Crippen LogP contribution >= 0.6 is 15.9 Å². The van der Waals surface area contributed by atoms with Gasteiger partial charge in [-0.2, -0.15) is 0 Å². The van der Waals surface area contributed by atoms with Gasteiger partial charge in [0.1, 0.15) is 16.7 Å². The van der Waals surface area contributed by atoms with E-state index >= 15 is 0 Å². The monoisotopic (exact) mass is 1270 g/mol. The van der Waals surface area contributed by atoms with Gasteiger partial charge in [-0.1, -0.05) is 328 Å². The van der Waals surface area contributed by atoms with Gasteiger partial charge >= 0.3 is 0 Å². The van der Waals surface area contributed by atoms with Crippen LogP contribution in [0.3, 0.4) is 0 Å². The van der Waals surface area contributed by atoms with Crippen LogP contribution in [0.2, 0.25) is 0 Å². The van der Waals surface area contributed by atoms with E-state index in [0.29, 0.717) is 0 Å². The van der Waals surface area contributed by atoms with Crippen LogP contribution < -0.4 is 52.5 Å². The number of nitrogens with one attached hydrogen (secondary N) is 1. The second-order valence-electron chi connectivity index (χ2n) is 22.6. The van der Waals surface area contributed by atoms with E-state index in [9.17, 15) is 0 Å². The number of rotatable bonds is 12. The van der Waals surface area contributed by atoms with Gasteiger partial charge in [-0.15, -0.1) is 0 Å². The third-order valence-electron chi connectivity index (χ3n) is 17.4. The fourth-order valence-electron chi connectivity index (χ4n) is 13.2. The number of furan rings is 2. The van der Waals surface area contributed by atoms with Gasteiger partial charge in [0.2, 0.25) is 0 Å². The summed E-state index contributed by atoms with van der Waals surface area (Å²) in [6, 6.07) is 130. The van der Waals surface area contributed by atoms with E-state index in [1.165, 1.54) is 46.9 Å². The minimum absolute atomic E-state index is 0.804. The predicted molar refractivity (Wildman–Crippen MR) is 394 cm³/mol. The van der Waals surface area contributed by atoms with Crippen molar-refractivity contribution in [3.05, 3.63) is 368 Å². The fraction of sp³-hybridized carbons (Fsp3) is 0. The number of nitrogen functional groups attached to an aromatic ring is 1. The Kier molecular flexibility index (Phi) is 16.6. The highest BCUT2D eigenvalue weighted by atomic mass is 79.9. The lowest BCUT2D eigenvalue weighted by atomic mass is 10.0. The van der Waals surface area contributed by atoms with Crippen molar-refractivity contribution in [1.82, 2.24) is 0 Å². The molecule has 0 radical (unpaired) electrons. The molecule has 16 aromatic rings. The van der Waals surface area contributed by atoms with Crippen LogP contribution in [0.15, 0.2) is 377 Å². The average molecular weight is 1270 g/mol. The molecule has 7 heteroatoms.